The van der Waals surface area contributed by atoms with Crippen molar-refractivity contribution in [2.75, 3.05) is 4.90 Å². The van der Waals surface area contributed by atoms with Gasteiger partial charge in [-0.2, -0.15) is 0 Å². The van der Waals surface area contributed by atoms with E-state index in [1.54, 1.807) is 0 Å². The second-order valence-corrected chi connectivity index (χ2v) is 16.0. The number of para-hydroxylation sites is 3. The summed E-state index contributed by atoms with van der Waals surface area (Å²) in [5, 5.41) is 9.42. The van der Waals surface area contributed by atoms with Gasteiger partial charge in [0.25, 0.3) is 0 Å². The quantitative estimate of drug-likeness (QED) is 0.150. The molecule has 290 valence electrons. The minimum Gasteiger partial charge on any atom is -0.455 e. The Hall–Kier alpha value is -8.20. The van der Waals surface area contributed by atoms with Gasteiger partial charge < -0.3 is 9.32 Å². The summed E-state index contributed by atoms with van der Waals surface area (Å²) in [5.74, 6) is 0. The van der Waals surface area contributed by atoms with E-state index in [4.69, 9.17) is 4.42 Å². The summed E-state index contributed by atoms with van der Waals surface area (Å²) in [7, 11) is 0. The minimum atomic E-state index is 0.854. The van der Waals surface area contributed by atoms with E-state index in [0.29, 0.717) is 0 Å². The number of nitrogens with zero attached hydrogens (tertiary/aromatic N) is 1. The molecule has 0 saturated carbocycles. The lowest BCUT2D eigenvalue weighted by Gasteiger charge is -2.31. The predicted octanol–water partition coefficient (Wildman–Crippen LogP) is 17.2. The highest BCUT2D eigenvalue weighted by Crippen LogP contribution is 2.51. The lowest BCUT2D eigenvalue weighted by atomic mass is 9.91. The van der Waals surface area contributed by atoms with Crippen LogP contribution in [0.4, 0.5) is 17.1 Å². The van der Waals surface area contributed by atoms with E-state index in [9.17, 15) is 0 Å². The van der Waals surface area contributed by atoms with Gasteiger partial charge in [0.05, 0.1) is 22.4 Å². The van der Waals surface area contributed by atoms with E-state index in [1.807, 2.05) is 0 Å². The van der Waals surface area contributed by atoms with E-state index in [2.05, 4.69) is 241 Å². The number of furan rings is 1. The normalized spacial score (nSPS) is 11.5. The molecule has 0 amide bonds. The highest BCUT2D eigenvalue weighted by Gasteiger charge is 2.27. The van der Waals surface area contributed by atoms with Crippen LogP contribution in [0, 0.1) is 0 Å². The van der Waals surface area contributed by atoms with Crippen LogP contribution in [-0.2, 0) is 0 Å². The van der Waals surface area contributed by atoms with Gasteiger partial charge in [-0.25, -0.2) is 0 Å². The highest BCUT2D eigenvalue weighted by molar-refractivity contribution is 6.21. The zero-order chi connectivity index (χ0) is 41.0. The molecule has 0 fully saturated rings. The Morgan fingerprint density at radius 1 is 0.274 bits per heavy atom. The Morgan fingerprint density at radius 3 is 1.68 bits per heavy atom. The molecule has 2 heteroatoms. The summed E-state index contributed by atoms with van der Waals surface area (Å²) in [6.45, 7) is 0. The van der Waals surface area contributed by atoms with Crippen LogP contribution < -0.4 is 4.90 Å². The SMILES string of the molecule is c1ccc(-c2cccc(-c3ccccc3N(c3ccccc3-c3cccc4ccccc34)c3ccc(-c4cc5ccccc5c5ccccc45)c4oc5ccccc5c34)c2)cc1. The lowest BCUT2D eigenvalue weighted by molar-refractivity contribution is 0.670. The van der Waals surface area contributed by atoms with Crippen molar-refractivity contribution in [1.29, 1.82) is 0 Å². The topological polar surface area (TPSA) is 16.4 Å². The number of rotatable bonds is 7. The van der Waals surface area contributed by atoms with Crippen LogP contribution in [0.25, 0.3) is 98.8 Å². The van der Waals surface area contributed by atoms with Crippen LogP contribution in [0.2, 0.25) is 0 Å². The molecule has 0 spiro atoms. The monoisotopic (exact) mass is 789 g/mol. The van der Waals surface area contributed by atoms with Crippen molar-refractivity contribution in [1.82, 2.24) is 0 Å². The standard InChI is InChI=1S/C60H39NO/c1-2-18-40(19-3-1)42-23-16-24-43(38-42)47-27-10-13-33-55(47)61(56-34-14-11-30-51(56)49-32-17-22-41-20-4-6-25-45(41)49)57-37-36-52(60-59(57)53-31-12-15-35-58(53)62-60)54-39-44-21-5-7-26-46(44)48-28-8-9-29-50(48)54/h1-39H. The van der Waals surface area contributed by atoms with E-state index in [-0.39, 0.29) is 0 Å². The first-order valence-electron chi connectivity index (χ1n) is 21.3. The van der Waals surface area contributed by atoms with E-state index < -0.39 is 0 Å². The Labute approximate surface area is 360 Å². The first-order valence-corrected chi connectivity index (χ1v) is 21.3. The zero-order valence-electron chi connectivity index (χ0n) is 33.9. The molecule has 0 bridgehead atoms. The van der Waals surface area contributed by atoms with Gasteiger partial charge in [0.2, 0.25) is 0 Å². The average Bonchev–Trinajstić information content (AvgIpc) is 3.75. The highest BCUT2D eigenvalue weighted by atomic mass is 16.3. The largest absolute Gasteiger partial charge is 0.455 e. The van der Waals surface area contributed by atoms with Crippen LogP contribution in [0.3, 0.4) is 0 Å². The van der Waals surface area contributed by atoms with Crippen molar-refractivity contribution >= 4 is 71.3 Å². The molecule has 11 aromatic carbocycles. The summed E-state index contributed by atoms with van der Waals surface area (Å²) >= 11 is 0. The fourth-order valence-corrected chi connectivity index (χ4v) is 9.64. The molecule has 2 nitrogen and oxygen atoms in total. The lowest BCUT2D eigenvalue weighted by Crippen LogP contribution is -2.13. The second-order valence-electron chi connectivity index (χ2n) is 16.0. The Balaban J connectivity index is 1.18. The number of hydrogen-bond donors (Lipinski definition) is 0. The van der Waals surface area contributed by atoms with Gasteiger partial charge in [-0.05, 0) is 103 Å². The molecule has 62 heavy (non-hydrogen) atoms. The third-order valence-electron chi connectivity index (χ3n) is 12.5. The molecule has 12 rings (SSSR count). The molecule has 0 radical (unpaired) electrons. The number of hydrogen-bond acceptors (Lipinski definition) is 2. The first kappa shape index (κ1) is 35.7. The summed E-state index contributed by atoms with van der Waals surface area (Å²) < 4.78 is 7.09. The summed E-state index contributed by atoms with van der Waals surface area (Å²) in [5.41, 5.74) is 14.1. The fraction of sp³-hybridized carbons (Fsp3) is 0. The zero-order valence-corrected chi connectivity index (χ0v) is 33.9. The molecular formula is C60H39NO. The van der Waals surface area contributed by atoms with Crippen LogP contribution in [0.15, 0.2) is 241 Å². The van der Waals surface area contributed by atoms with Crippen molar-refractivity contribution in [3.63, 3.8) is 0 Å². The van der Waals surface area contributed by atoms with Gasteiger partial charge in [0.15, 0.2) is 0 Å². The van der Waals surface area contributed by atoms with Crippen LogP contribution in [-0.4, -0.2) is 0 Å². The third kappa shape index (κ3) is 5.88. The number of anilines is 3. The van der Waals surface area contributed by atoms with Crippen molar-refractivity contribution in [3.05, 3.63) is 237 Å². The molecule has 0 aliphatic rings. The van der Waals surface area contributed by atoms with E-state index >= 15 is 0 Å². The van der Waals surface area contributed by atoms with Gasteiger partial charge in [-0.1, -0.05) is 194 Å². The van der Waals surface area contributed by atoms with Crippen molar-refractivity contribution < 1.29 is 4.42 Å². The molecule has 0 aliphatic carbocycles. The third-order valence-corrected chi connectivity index (χ3v) is 12.5. The second kappa shape index (κ2) is 14.8. The van der Waals surface area contributed by atoms with Crippen LogP contribution in [0.1, 0.15) is 0 Å². The molecular weight excluding hydrogens is 751 g/mol. The molecule has 1 aromatic heterocycles. The van der Waals surface area contributed by atoms with Crippen molar-refractivity contribution in [3.8, 4) is 44.5 Å². The predicted molar refractivity (Wildman–Crippen MR) is 263 cm³/mol. The Bertz CT molecular complexity index is 3650. The van der Waals surface area contributed by atoms with Gasteiger partial charge in [0, 0.05) is 22.1 Å². The van der Waals surface area contributed by atoms with Crippen LogP contribution >= 0.6 is 0 Å². The van der Waals surface area contributed by atoms with E-state index in [0.717, 1.165) is 66.8 Å². The maximum absolute atomic E-state index is 7.09. The summed E-state index contributed by atoms with van der Waals surface area (Å²) in [6, 6.07) is 85.4. The maximum Gasteiger partial charge on any atom is 0.145 e. The number of benzene rings is 11. The van der Waals surface area contributed by atoms with Gasteiger partial charge in [-0.15, -0.1) is 0 Å². The van der Waals surface area contributed by atoms with Crippen molar-refractivity contribution in [2.45, 2.75) is 0 Å². The van der Waals surface area contributed by atoms with Gasteiger partial charge in [-0.3, -0.25) is 0 Å². The smallest absolute Gasteiger partial charge is 0.145 e. The number of fused-ring (bicyclic) bond motifs is 7. The maximum atomic E-state index is 7.09. The Kier molecular flexibility index (Phi) is 8.53. The van der Waals surface area contributed by atoms with Crippen LogP contribution in [0.5, 0.6) is 0 Å². The summed E-state index contributed by atoms with van der Waals surface area (Å²) in [6.07, 6.45) is 0. The average molecular weight is 790 g/mol. The van der Waals surface area contributed by atoms with Gasteiger partial charge in [0.1, 0.15) is 11.2 Å². The van der Waals surface area contributed by atoms with Crippen molar-refractivity contribution in [2.24, 2.45) is 0 Å². The summed E-state index contributed by atoms with van der Waals surface area (Å²) in [4.78, 5) is 2.48. The Morgan fingerprint density at radius 2 is 0.839 bits per heavy atom. The molecule has 0 saturated heterocycles. The van der Waals surface area contributed by atoms with E-state index in [1.165, 1.54) is 49.0 Å². The molecule has 0 aliphatic heterocycles. The molecule has 1 heterocycles. The molecule has 0 N–H and O–H groups in total. The molecule has 12 aromatic rings. The molecule has 0 unspecified atom stereocenters. The fourth-order valence-electron chi connectivity index (χ4n) is 9.64. The first-order chi connectivity index (χ1) is 30.8. The molecule has 0 atom stereocenters. The van der Waals surface area contributed by atoms with Gasteiger partial charge >= 0.3 is 0 Å². The minimum absolute atomic E-state index is 0.854.